The first-order chi connectivity index (χ1) is 16.8. The van der Waals surface area contributed by atoms with Crippen LogP contribution in [0.5, 0.6) is 11.5 Å². The van der Waals surface area contributed by atoms with Crippen LogP contribution < -0.4 is 14.8 Å². The lowest BCUT2D eigenvalue weighted by atomic mass is 9.79. The van der Waals surface area contributed by atoms with Crippen LogP contribution in [0.25, 0.3) is 10.9 Å². The average Bonchev–Trinajstić information content (AvgIpc) is 3.14. The Labute approximate surface area is 208 Å². The second-order valence-electron chi connectivity index (χ2n) is 9.22. The molecule has 186 valence electrons. The molecule has 0 aliphatic carbocycles. The van der Waals surface area contributed by atoms with Gasteiger partial charge in [0.15, 0.2) is 27.2 Å². The minimum atomic E-state index is -2.86. The van der Waals surface area contributed by atoms with Crippen LogP contribution in [0.3, 0.4) is 0 Å². The molecule has 0 atom stereocenters. The van der Waals surface area contributed by atoms with Gasteiger partial charge in [0, 0.05) is 36.5 Å². The summed E-state index contributed by atoms with van der Waals surface area (Å²) < 4.78 is 49.5. The van der Waals surface area contributed by atoms with Gasteiger partial charge in [-0.3, -0.25) is 0 Å². The summed E-state index contributed by atoms with van der Waals surface area (Å²) in [5.74, 6) is 1.56. The van der Waals surface area contributed by atoms with Crippen LogP contribution in [0.2, 0.25) is 5.02 Å². The second kappa shape index (κ2) is 9.40. The molecule has 0 amide bonds. The van der Waals surface area contributed by atoms with Gasteiger partial charge >= 0.3 is 0 Å². The molecular formula is C24H26ClFN4O4S. The molecule has 0 bridgehead atoms. The van der Waals surface area contributed by atoms with Crippen molar-refractivity contribution < 1.29 is 22.3 Å². The number of ether oxygens (including phenoxy) is 2. The quantitative estimate of drug-likeness (QED) is 0.444. The fourth-order valence-electron chi connectivity index (χ4n) is 4.93. The lowest BCUT2D eigenvalue weighted by Gasteiger charge is -2.47. The first kappa shape index (κ1) is 24.0. The van der Waals surface area contributed by atoms with Crippen molar-refractivity contribution in [2.24, 2.45) is 5.41 Å². The van der Waals surface area contributed by atoms with Crippen LogP contribution in [0.15, 0.2) is 36.7 Å². The van der Waals surface area contributed by atoms with Gasteiger partial charge in [-0.05, 0) is 31.0 Å². The molecule has 1 N–H and O–H groups in total. The van der Waals surface area contributed by atoms with Gasteiger partial charge in [0.2, 0.25) is 0 Å². The predicted molar refractivity (Wildman–Crippen MR) is 133 cm³/mol. The Morgan fingerprint density at radius 3 is 2.80 bits per heavy atom. The maximum Gasteiger partial charge on any atom is 0.165 e. The standard InChI is InChI=1S/C24H26ClFN4O4S/c1-33-20-11-19-16(23(28-15-27-19)29-18-5-2-4-17(25)22(18)26)10-21(20)34-8-3-7-30-12-24(13-30)6-9-35(31,32)14-24/h2,4-5,10-11,15H,3,6-9,12-14H2,1H3,(H,27,28,29). The molecule has 1 aromatic heterocycles. The molecular weight excluding hydrogens is 495 g/mol. The zero-order valence-corrected chi connectivity index (χ0v) is 20.8. The molecule has 8 nitrogen and oxygen atoms in total. The summed E-state index contributed by atoms with van der Waals surface area (Å²) in [5.41, 5.74) is 0.789. The molecule has 3 heterocycles. The number of anilines is 2. The van der Waals surface area contributed by atoms with Crippen molar-refractivity contribution in [3.8, 4) is 11.5 Å². The summed E-state index contributed by atoms with van der Waals surface area (Å²) in [4.78, 5) is 10.9. The van der Waals surface area contributed by atoms with E-state index < -0.39 is 15.7 Å². The topological polar surface area (TPSA) is 93.7 Å². The van der Waals surface area contributed by atoms with Crippen LogP contribution in [0.1, 0.15) is 12.8 Å². The average molecular weight is 521 g/mol. The number of sulfone groups is 1. The number of aromatic nitrogens is 2. The minimum absolute atomic E-state index is 0.0155. The second-order valence-corrected chi connectivity index (χ2v) is 11.8. The van der Waals surface area contributed by atoms with Gasteiger partial charge in [-0.2, -0.15) is 0 Å². The van der Waals surface area contributed by atoms with E-state index >= 15 is 0 Å². The molecule has 3 aromatic rings. The highest BCUT2D eigenvalue weighted by atomic mass is 35.5. The monoisotopic (exact) mass is 520 g/mol. The molecule has 0 radical (unpaired) electrons. The van der Waals surface area contributed by atoms with E-state index in [-0.39, 0.29) is 16.1 Å². The molecule has 0 saturated carbocycles. The number of nitrogens with one attached hydrogen (secondary N) is 1. The van der Waals surface area contributed by atoms with Gasteiger partial charge in [-0.25, -0.2) is 22.8 Å². The van der Waals surface area contributed by atoms with Gasteiger partial charge in [0.05, 0.1) is 41.4 Å². The molecule has 2 saturated heterocycles. The summed E-state index contributed by atoms with van der Waals surface area (Å²) in [6.07, 6.45) is 2.95. The number of hydrogen-bond donors (Lipinski definition) is 1. The van der Waals surface area contributed by atoms with Crippen molar-refractivity contribution in [2.75, 3.05) is 50.2 Å². The van der Waals surface area contributed by atoms with Crippen molar-refractivity contribution in [2.45, 2.75) is 12.8 Å². The lowest BCUT2D eigenvalue weighted by Crippen LogP contribution is -2.57. The molecule has 11 heteroatoms. The molecule has 5 rings (SSSR count). The number of halogens is 2. The summed E-state index contributed by atoms with van der Waals surface area (Å²) in [7, 11) is -1.30. The number of benzene rings is 2. The molecule has 1 spiro atoms. The molecule has 0 unspecified atom stereocenters. The molecule has 2 fully saturated rings. The van der Waals surface area contributed by atoms with Gasteiger partial charge in [-0.15, -0.1) is 0 Å². The van der Waals surface area contributed by atoms with E-state index in [1.807, 2.05) is 0 Å². The number of fused-ring (bicyclic) bond motifs is 1. The van der Waals surface area contributed by atoms with E-state index in [0.717, 1.165) is 32.5 Å². The Kier molecular flexibility index (Phi) is 6.45. The van der Waals surface area contributed by atoms with Gasteiger partial charge in [-0.1, -0.05) is 17.7 Å². The third kappa shape index (κ3) is 5.00. The van der Waals surface area contributed by atoms with Crippen LogP contribution >= 0.6 is 11.6 Å². The van der Waals surface area contributed by atoms with Crippen molar-refractivity contribution >= 4 is 43.8 Å². The van der Waals surface area contributed by atoms with E-state index in [0.29, 0.717) is 46.3 Å². The van der Waals surface area contributed by atoms with Crippen LogP contribution in [0.4, 0.5) is 15.9 Å². The maximum absolute atomic E-state index is 14.4. The lowest BCUT2D eigenvalue weighted by molar-refractivity contribution is 0.0185. The highest BCUT2D eigenvalue weighted by Gasteiger charge is 2.49. The number of methoxy groups -OCH3 is 1. The largest absolute Gasteiger partial charge is 0.493 e. The van der Waals surface area contributed by atoms with E-state index in [2.05, 4.69) is 20.2 Å². The van der Waals surface area contributed by atoms with E-state index in [4.69, 9.17) is 21.1 Å². The van der Waals surface area contributed by atoms with Crippen molar-refractivity contribution in [1.82, 2.24) is 14.9 Å². The smallest absolute Gasteiger partial charge is 0.165 e. The molecule has 2 aliphatic rings. The van der Waals surface area contributed by atoms with Crippen LogP contribution in [-0.4, -0.2) is 68.1 Å². The zero-order chi connectivity index (χ0) is 24.6. The van der Waals surface area contributed by atoms with Crippen LogP contribution in [-0.2, 0) is 9.84 Å². The Bertz CT molecular complexity index is 1370. The molecule has 2 aromatic carbocycles. The SMILES string of the molecule is COc1cc2ncnc(Nc3cccc(Cl)c3F)c2cc1OCCCN1CC2(CCS(=O)(=O)C2)C1. The van der Waals surface area contributed by atoms with Crippen LogP contribution in [0, 0.1) is 11.2 Å². The number of nitrogens with zero attached hydrogens (tertiary/aromatic N) is 3. The van der Waals surface area contributed by atoms with E-state index in [9.17, 15) is 12.8 Å². The Hall–Kier alpha value is -2.69. The third-order valence-corrected chi connectivity index (χ3v) is 8.76. The highest BCUT2D eigenvalue weighted by molar-refractivity contribution is 7.91. The van der Waals surface area contributed by atoms with E-state index in [1.165, 1.54) is 12.4 Å². The highest BCUT2D eigenvalue weighted by Crippen LogP contribution is 2.41. The summed E-state index contributed by atoms with van der Waals surface area (Å²) in [6, 6.07) is 8.25. The fourth-order valence-corrected chi connectivity index (χ4v) is 7.25. The van der Waals surface area contributed by atoms with Gasteiger partial charge < -0.3 is 19.7 Å². The number of hydrogen-bond acceptors (Lipinski definition) is 8. The van der Waals surface area contributed by atoms with Gasteiger partial charge in [0.1, 0.15) is 12.1 Å². The third-order valence-electron chi connectivity index (χ3n) is 6.59. The minimum Gasteiger partial charge on any atom is -0.493 e. The summed E-state index contributed by atoms with van der Waals surface area (Å²) in [6.45, 7) is 2.96. The summed E-state index contributed by atoms with van der Waals surface area (Å²) in [5, 5.41) is 3.65. The Morgan fingerprint density at radius 1 is 1.23 bits per heavy atom. The number of rotatable bonds is 8. The zero-order valence-electron chi connectivity index (χ0n) is 19.3. The summed E-state index contributed by atoms with van der Waals surface area (Å²) >= 11 is 5.90. The van der Waals surface area contributed by atoms with Crippen molar-refractivity contribution in [3.63, 3.8) is 0 Å². The normalized spacial score (nSPS) is 18.5. The van der Waals surface area contributed by atoms with E-state index in [1.54, 1.807) is 31.4 Å². The van der Waals surface area contributed by atoms with Crippen molar-refractivity contribution in [3.05, 3.63) is 47.5 Å². The van der Waals surface area contributed by atoms with Crippen molar-refractivity contribution in [1.29, 1.82) is 0 Å². The van der Waals surface area contributed by atoms with Gasteiger partial charge in [0.25, 0.3) is 0 Å². The first-order valence-electron chi connectivity index (χ1n) is 11.4. The first-order valence-corrected chi connectivity index (χ1v) is 13.6. The fraction of sp³-hybridized carbons (Fsp3) is 0.417. The number of likely N-dealkylation sites (tertiary alicyclic amines) is 1. The predicted octanol–water partition coefficient (Wildman–Crippen LogP) is 4.06. The molecule has 35 heavy (non-hydrogen) atoms. The Balaban J connectivity index is 1.25. The maximum atomic E-state index is 14.4. The Morgan fingerprint density at radius 2 is 2.06 bits per heavy atom. The molecule has 2 aliphatic heterocycles.